The van der Waals surface area contributed by atoms with Gasteiger partial charge in [0.25, 0.3) is 0 Å². The number of halogens is 1. The van der Waals surface area contributed by atoms with Gasteiger partial charge in [-0.1, -0.05) is 0 Å². The zero-order valence-electron chi connectivity index (χ0n) is 7.99. The second-order valence-electron chi connectivity index (χ2n) is 3.17. The lowest BCUT2D eigenvalue weighted by atomic mass is 9.93. The number of carbonyl (C=O) groups excluding carboxylic acids is 2. The van der Waals surface area contributed by atoms with Crippen molar-refractivity contribution in [3.8, 4) is 0 Å². The number of hydrogen-bond donors (Lipinski definition) is 0. The standard InChI is InChI=1S/C9H13ClO4/c1-13-9(12)7(10)8(11)6-2-4-14-5-3-6/h6-7H,2-5H2,1H3. The van der Waals surface area contributed by atoms with Crippen molar-refractivity contribution in [3.05, 3.63) is 0 Å². The average Bonchev–Trinajstić information content (AvgIpc) is 2.27. The minimum absolute atomic E-state index is 0.162. The van der Waals surface area contributed by atoms with Crippen LogP contribution in [0.2, 0.25) is 0 Å². The minimum atomic E-state index is -1.16. The highest BCUT2D eigenvalue weighted by molar-refractivity contribution is 6.41. The quantitative estimate of drug-likeness (QED) is 0.400. The highest BCUT2D eigenvalue weighted by atomic mass is 35.5. The predicted molar refractivity (Wildman–Crippen MR) is 50.2 cm³/mol. The van der Waals surface area contributed by atoms with Crippen LogP contribution in [0.15, 0.2) is 0 Å². The maximum absolute atomic E-state index is 11.6. The van der Waals surface area contributed by atoms with Crippen molar-refractivity contribution in [2.75, 3.05) is 20.3 Å². The van der Waals surface area contributed by atoms with Crippen molar-refractivity contribution in [1.82, 2.24) is 0 Å². The number of ether oxygens (including phenoxy) is 2. The zero-order chi connectivity index (χ0) is 10.6. The fraction of sp³-hybridized carbons (Fsp3) is 0.778. The second kappa shape index (κ2) is 5.32. The molecule has 1 rings (SSSR count). The summed E-state index contributed by atoms with van der Waals surface area (Å²) in [6, 6.07) is 0. The molecule has 0 amide bonds. The first-order valence-corrected chi connectivity index (χ1v) is 4.94. The summed E-state index contributed by atoms with van der Waals surface area (Å²) in [5, 5.41) is -1.16. The lowest BCUT2D eigenvalue weighted by Gasteiger charge is -2.21. The Hall–Kier alpha value is -0.610. The van der Waals surface area contributed by atoms with E-state index in [0.717, 1.165) is 0 Å². The molecule has 0 aliphatic carbocycles. The number of ketones is 1. The number of Topliss-reactive ketones (excluding diaryl/α,β-unsaturated/α-hetero) is 1. The molecule has 0 aromatic carbocycles. The molecule has 0 spiro atoms. The van der Waals surface area contributed by atoms with Gasteiger partial charge in [0.05, 0.1) is 7.11 Å². The maximum atomic E-state index is 11.6. The molecule has 5 heteroatoms. The Kier molecular flexibility index (Phi) is 4.35. The molecule has 1 saturated heterocycles. The van der Waals surface area contributed by atoms with Crippen LogP contribution < -0.4 is 0 Å². The molecule has 0 aromatic rings. The van der Waals surface area contributed by atoms with Gasteiger partial charge in [-0.2, -0.15) is 0 Å². The summed E-state index contributed by atoms with van der Waals surface area (Å²) in [6.45, 7) is 1.11. The molecule has 0 saturated carbocycles. The first-order chi connectivity index (χ1) is 6.66. The number of methoxy groups -OCH3 is 1. The van der Waals surface area contributed by atoms with Gasteiger partial charge in [-0.05, 0) is 12.8 Å². The zero-order valence-corrected chi connectivity index (χ0v) is 8.75. The van der Waals surface area contributed by atoms with E-state index in [1.54, 1.807) is 0 Å². The van der Waals surface area contributed by atoms with E-state index < -0.39 is 11.3 Å². The molecule has 1 unspecified atom stereocenters. The number of esters is 1. The van der Waals surface area contributed by atoms with Crippen LogP contribution in [0.4, 0.5) is 0 Å². The summed E-state index contributed by atoms with van der Waals surface area (Å²) in [7, 11) is 1.22. The molecular formula is C9H13ClO4. The van der Waals surface area contributed by atoms with E-state index in [1.165, 1.54) is 7.11 Å². The first-order valence-electron chi connectivity index (χ1n) is 4.50. The topological polar surface area (TPSA) is 52.6 Å². The average molecular weight is 221 g/mol. The first kappa shape index (κ1) is 11.5. The molecule has 0 aromatic heterocycles. The van der Waals surface area contributed by atoms with Crippen molar-refractivity contribution >= 4 is 23.4 Å². The number of alkyl halides is 1. The largest absolute Gasteiger partial charge is 0.468 e. The van der Waals surface area contributed by atoms with E-state index in [0.29, 0.717) is 26.1 Å². The fourth-order valence-electron chi connectivity index (χ4n) is 1.41. The van der Waals surface area contributed by atoms with E-state index in [1.807, 2.05) is 0 Å². The third kappa shape index (κ3) is 2.69. The number of rotatable bonds is 3. The van der Waals surface area contributed by atoms with Crippen molar-refractivity contribution in [3.63, 3.8) is 0 Å². The molecule has 1 aliphatic heterocycles. The third-order valence-corrected chi connectivity index (χ3v) is 2.67. The van der Waals surface area contributed by atoms with E-state index in [4.69, 9.17) is 16.3 Å². The molecule has 80 valence electrons. The van der Waals surface area contributed by atoms with Crippen LogP contribution in [0.3, 0.4) is 0 Å². The molecule has 0 radical (unpaired) electrons. The summed E-state index contributed by atoms with van der Waals surface area (Å²) in [5.74, 6) is -1.09. The number of hydrogen-bond acceptors (Lipinski definition) is 4. The number of carbonyl (C=O) groups is 2. The SMILES string of the molecule is COC(=O)C(Cl)C(=O)C1CCOCC1. The highest BCUT2D eigenvalue weighted by Crippen LogP contribution is 2.19. The third-order valence-electron chi connectivity index (χ3n) is 2.28. The summed E-state index contributed by atoms with van der Waals surface area (Å²) >= 11 is 5.65. The predicted octanol–water partition coefficient (Wildman–Crippen LogP) is 0.762. The van der Waals surface area contributed by atoms with Crippen molar-refractivity contribution in [1.29, 1.82) is 0 Å². The Bertz CT molecular complexity index is 223. The maximum Gasteiger partial charge on any atom is 0.331 e. The normalized spacial score (nSPS) is 20.1. The Morgan fingerprint density at radius 3 is 2.50 bits per heavy atom. The monoisotopic (exact) mass is 220 g/mol. The van der Waals surface area contributed by atoms with Crippen LogP contribution >= 0.6 is 11.6 Å². The Labute approximate surface area is 87.5 Å². The minimum Gasteiger partial charge on any atom is -0.468 e. The van der Waals surface area contributed by atoms with Crippen molar-refractivity contribution in [2.24, 2.45) is 5.92 Å². The van der Waals surface area contributed by atoms with Crippen LogP contribution in [0.1, 0.15) is 12.8 Å². The molecule has 1 heterocycles. The van der Waals surface area contributed by atoms with Gasteiger partial charge in [0, 0.05) is 19.1 Å². The van der Waals surface area contributed by atoms with E-state index in [9.17, 15) is 9.59 Å². The van der Waals surface area contributed by atoms with Gasteiger partial charge in [-0.3, -0.25) is 4.79 Å². The van der Waals surface area contributed by atoms with E-state index in [2.05, 4.69) is 4.74 Å². The summed E-state index contributed by atoms with van der Waals surface area (Å²) in [5.41, 5.74) is 0. The van der Waals surface area contributed by atoms with Gasteiger partial charge in [0.1, 0.15) is 0 Å². The van der Waals surface area contributed by atoms with Gasteiger partial charge in [0.2, 0.25) is 0 Å². The smallest absolute Gasteiger partial charge is 0.331 e. The lowest BCUT2D eigenvalue weighted by Crippen LogP contribution is -2.34. The van der Waals surface area contributed by atoms with Gasteiger partial charge in [-0.15, -0.1) is 11.6 Å². The van der Waals surface area contributed by atoms with Crippen molar-refractivity contribution in [2.45, 2.75) is 18.2 Å². The van der Waals surface area contributed by atoms with Crippen LogP contribution in [-0.2, 0) is 19.1 Å². The molecule has 1 aliphatic rings. The van der Waals surface area contributed by atoms with Crippen LogP contribution in [0.5, 0.6) is 0 Å². The van der Waals surface area contributed by atoms with E-state index in [-0.39, 0.29) is 11.7 Å². The molecular weight excluding hydrogens is 208 g/mol. The summed E-state index contributed by atoms with van der Waals surface area (Å²) in [4.78, 5) is 22.6. The molecule has 0 bridgehead atoms. The molecule has 14 heavy (non-hydrogen) atoms. The Morgan fingerprint density at radius 2 is 2.00 bits per heavy atom. The Balaban J connectivity index is 2.50. The Morgan fingerprint density at radius 1 is 1.43 bits per heavy atom. The fourth-order valence-corrected chi connectivity index (χ4v) is 1.68. The van der Waals surface area contributed by atoms with Crippen LogP contribution in [0.25, 0.3) is 0 Å². The van der Waals surface area contributed by atoms with Crippen molar-refractivity contribution < 1.29 is 19.1 Å². The van der Waals surface area contributed by atoms with Crippen LogP contribution in [0, 0.1) is 5.92 Å². The van der Waals surface area contributed by atoms with Gasteiger partial charge in [0.15, 0.2) is 11.2 Å². The molecule has 0 N–H and O–H groups in total. The molecule has 4 nitrogen and oxygen atoms in total. The lowest BCUT2D eigenvalue weighted by molar-refractivity contribution is -0.144. The molecule has 1 fully saturated rings. The van der Waals surface area contributed by atoms with Gasteiger partial charge in [-0.25, -0.2) is 4.79 Å². The van der Waals surface area contributed by atoms with Crippen LogP contribution in [-0.4, -0.2) is 37.5 Å². The summed E-state index contributed by atoms with van der Waals surface area (Å²) < 4.78 is 9.51. The van der Waals surface area contributed by atoms with E-state index >= 15 is 0 Å². The summed E-state index contributed by atoms with van der Waals surface area (Å²) in [6.07, 6.45) is 1.28. The second-order valence-corrected chi connectivity index (χ2v) is 3.61. The van der Waals surface area contributed by atoms with Gasteiger partial charge < -0.3 is 9.47 Å². The van der Waals surface area contributed by atoms with Gasteiger partial charge >= 0.3 is 5.97 Å². The highest BCUT2D eigenvalue weighted by Gasteiger charge is 2.32. The molecule has 1 atom stereocenters.